The fourth-order valence-corrected chi connectivity index (χ4v) is 4.62. The Hall–Kier alpha value is -5.79. The van der Waals surface area contributed by atoms with Crippen LogP contribution in [0.4, 0.5) is 5.82 Å². The molecule has 0 saturated heterocycles. The van der Waals surface area contributed by atoms with Crippen LogP contribution >= 0.6 is 0 Å². The second kappa shape index (κ2) is 13.5. The third-order valence-corrected chi connectivity index (χ3v) is 7.00. The normalized spacial score (nSPS) is 11.2. The van der Waals surface area contributed by atoms with Crippen molar-refractivity contribution >= 4 is 28.5 Å². The highest BCUT2D eigenvalue weighted by atomic mass is 16.5. The average molecular weight is 627 g/mol. The van der Waals surface area contributed by atoms with Crippen LogP contribution in [0.5, 0.6) is 28.7 Å². The molecule has 0 bridgehead atoms. The highest BCUT2D eigenvalue weighted by Gasteiger charge is 2.27. The van der Waals surface area contributed by atoms with E-state index in [4.69, 9.17) is 18.9 Å². The van der Waals surface area contributed by atoms with Crippen LogP contribution in [0.15, 0.2) is 61.3 Å². The molecule has 0 atom stereocenters. The first-order chi connectivity index (χ1) is 22.1. The van der Waals surface area contributed by atoms with Crippen LogP contribution in [0.2, 0.25) is 0 Å². The lowest BCUT2D eigenvalue weighted by Gasteiger charge is -2.21. The van der Waals surface area contributed by atoms with E-state index in [0.717, 1.165) is 5.39 Å². The Kier molecular flexibility index (Phi) is 9.26. The van der Waals surface area contributed by atoms with Gasteiger partial charge >= 0.3 is 0 Å². The molecule has 1 aromatic carbocycles. The van der Waals surface area contributed by atoms with Crippen LogP contribution in [0.25, 0.3) is 16.6 Å². The SMILES string of the molecule is CCOc1cn(-c2cnc(C(C)(C)CC(=O)NC)nc2)nc1C(=O)Nc1ccc(Oc2ccnc3cc(OC)c(OC)cc23)cn1. The Balaban J connectivity index is 1.31. The van der Waals surface area contributed by atoms with E-state index in [0.29, 0.717) is 46.6 Å². The molecule has 14 nitrogen and oxygen atoms in total. The summed E-state index contributed by atoms with van der Waals surface area (Å²) in [7, 11) is 4.71. The van der Waals surface area contributed by atoms with Crippen molar-refractivity contribution in [1.29, 1.82) is 0 Å². The van der Waals surface area contributed by atoms with Crippen molar-refractivity contribution in [3.8, 4) is 34.4 Å². The van der Waals surface area contributed by atoms with E-state index in [9.17, 15) is 9.59 Å². The lowest BCUT2D eigenvalue weighted by Crippen LogP contribution is -2.30. The zero-order chi connectivity index (χ0) is 32.8. The van der Waals surface area contributed by atoms with Gasteiger partial charge in [-0.3, -0.25) is 14.6 Å². The Labute approximate surface area is 265 Å². The van der Waals surface area contributed by atoms with Crippen molar-refractivity contribution < 1.29 is 28.5 Å². The molecular formula is C32H34N8O6. The first-order valence-electron chi connectivity index (χ1n) is 14.4. The molecule has 0 radical (unpaired) electrons. The van der Waals surface area contributed by atoms with E-state index in [1.54, 1.807) is 76.4 Å². The second-order valence-corrected chi connectivity index (χ2v) is 10.7. The van der Waals surface area contributed by atoms with Gasteiger partial charge in [0.2, 0.25) is 5.91 Å². The van der Waals surface area contributed by atoms with Gasteiger partial charge in [-0.25, -0.2) is 19.6 Å². The van der Waals surface area contributed by atoms with Gasteiger partial charge in [0.25, 0.3) is 5.91 Å². The predicted molar refractivity (Wildman–Crippen MR) is 169 cm³/mol. The van der Waals surface area contributed by atoms with Crippen LogP contribution < -0.4 is 29.6 Å². The molecule has 0 fully saturated rings. The molecule has 0 aliphatic carbocycles. The lowest BCUT2D eigenvalue weighted by molar-refractivity contribution is -0.121. The van der Waals surface area contributed by atoms with Gasteiger partial charge in [0.15, 0.2) is 22.9 Å². The van der Waals surface area contributed by atoms with E-state index in [1.807, 2.05) is 20.8 Å². The Morgan fingerprint density at radius 1 is 0.913 bits per heavy atom. The van der Waals surface area contributed by atoms with E-state index < -0.39 is 11.3 Å². The maximum atomic E-state index is 13.3. The van der Waals surface area contributed by atoms with Gasteiger partial charge in [0, 0.05) is 36.5 Å². The fraction of sp³-hybridized carbons (Fsp3) is 0.281. The monoisotopic (exact) mass is 626 g/mol. The Morgan fingerprint density at radius 2 is 1.65 bits per heavy atom. The number of fused-ring (bicyclic) bond motifs is 1. The van der Waals surface area contributed by atoms with Crippen LogP contribution in [-0.4, -0.2) is 69.4 Å². The van der Waals surface area contributed by atoms with E-state index in [1.165, 1.54) is 10.9 Å². The summed E-state index contributed by atoms with van der Waals surface area (Å²) >= 11 is 0. The van der Waals surface area contributed by atoms with Gasteiger partial charge in [-0.2, -0.15) is 5.10 Å². The van der Waals surface area contributed by atoms with Gasteiger partial charge in [-0.1, -0.05) is 13.8 Å². The molecule has 0 saturated carbocycles. The second-order valence-electron chi connectivity index (χ2n) is 10.7. The summed E-state index contributed by atoms with van der Waals surface area (Å²) in [6, 6.07) is 8.60. The fourth-order valence-electron chi connectivity index (χ4n) is 4.62. The number of methoxy groups -OCH3 is 2. The smallest absolute Gasteiger partial charge is 0.281 e. The first-order valence-corrected chi connectivity index (χ1v) is 14.4. The summed E-state index contributed by atoms with van der Waals surface area (Å²) in [4.78, 5) is 42.8. The highest BCUT2D eigenvalue weighted by molar-refractivity contribution is 6.04. The van der Waals surface area contributed by atoms with Crippen molar-refractivity contribution in [3.05, 3.63) is 72.8 Å². The molecule has 14 heteroatoms. The van der Waals surface area contributed by atoms with Crippen LogP contribution in [0.3, 0.4) is 0 Å². The highest BCUT2D eigenvalue weighted by Crippen LogP contribution is 2.37. The molecule has 2 N–H and O–H groups in total. The number of hydrogen-bond donors (Lipinski definition) is 2. The van der Waals surface area contributed by atoms with Crippen LogP contribution in [0.1, 0.15) is 43.5 Å². The minimum atomic E-state index is -0.578. The van der Waals surface area contributed by atoms with Crippen molar-refractivity contribution in [2.24, 2.45) is 0 Å². The van der Waals surface area contributed by atoms with Crippen molar-refractivity contribution in [1.82, 2.24) is 35.0 Å². The number of aromatic nitrogens is 6. The van der Waals surface area contributed by atoms with Crippen molar-refractivity contribution in [2.75, 3.05) is 33.2 Å². The molecule has 0 spiro atoms. The van der Waals surface area contributed by atoms with Crippen molar-refractivity contribution in [3.63, 3.8) is 0 Å². The van der Waals surface area contributed by atoms with E-state index >= 15 is 0 Å². The number of carbonyl (C=O) groups excluding carboxylic acids is 2. The molecule has 4 aromatic heterocycles. The molecule has 46 heavy (non-hydrogen) atoms. The maximum absolute atomic E-state index is 13.3. The van der Waals surface area contributed by atoms with Gasteiger partial charge < -0.3 is 29.6 Å². The Morgan fingerprint density at radius 3 is 2.30 bits per heavy atom. The van der Waals surface area contributed by atoms with Gasteiger partial charge in [-0.05, 0) is 31.2 Å². The number of benzene rings is 1. The van der Waals surface area contributed by atoms with Crippen molar-refractivity contribution in [2.45, 2.75) is 32.6 Å². The largest absolute Gasteiger partial charge is 0.493 e. The summed E-state index contributed by atoms with van der Waals surface area (Å²) in [6.45, 7) is 5.92. The number of rotatable bonds is 12. The molecule has 0 aliphatic heterocycles. The van der Waals surface area contributed by atoms with Gasteiger partial charge in [-0.15, -0.1) is 0 Å². The molecule has 0 aliphatic rings. The summed E-state index contributed by atoms with van der Waals surface area (Å²) in [5, 5.41) is 10.5. The quantitative estimate of drug-likeness (QED) is 0.201. The number of ether oxygens (including phenoxy) is 4. The number of carbonyl (C=O) groups is 2. The summed E-state index contributed by atoms with van der Waals surface area (Å²) < 4.78 is 24.0. The lowest BCUT2D eigenvalue weighted by atomic mass is 9.88. The molecule has 5 rings (SSSR count). The molecule has 4 heterocycles. The third kappa shape index (κ3) is 6.80. The van der Waals surface area contributed by atoms with Crippen LogP contribution in [0, 0.1) is 0 Å². The minimum absolute atomic E-state index is 0.0561. The number of nitrogens with one attached hydrogen (secondary N) is 2. The summed E-state index contributed by atoms with van der Waals surface area (Å²) in [5.74, 6) is 2.53. The first kappa shape index (κ1) is 31.6. The summed E-state index contributed by atoms with van der Waals surface area (Å²) in [6.07, 6.45) is 8.11. The number of anilines is 1. The summed E-state index contributed by atoms with van der Waals surface area (Å²) in [5.41, 5.74) is 0.661. The molecule has 2 amide bonds. The molecular weight excluding hydrogens is 592 g/mol. The van der Waals surface area contributed by atoms with E-state index in [-0.39, 0.29) is 29.6 Å². The molecule has 5 aromatic rings. The predicted octanol–water partition coefficient (Wildman–Crippen LogP) is 4.48. The zero-order valence-electron chi connectivity index (χ0n) is 26.3. The number of amides is 2. The van der Waals surface area contributed by atoms with E-state index in [2.05, 4.69) is 35.7 Å². The zero-order valence-corrected chi connectivity index (χ0v) is 26.3. The van der Waals surface area contributed by atoms with Crippen LogP contribution in [-0.2, 0) is 10.2 Å². The maximum Gasteiger partial charge on any atom is 0.281 e. The topological polar surface area (TPSA) is 164 Å². The number of nitrogens with zero attached hydrogens (tertiary/aromatic N) is 6. The third-order valence-electron chi connectivity index (χ3n) is 7.00. The number of pyridine rings is 2. The Bertz CT molecular complexity index is 1860. The average Bonchev–Trinajstić information content (AvgIpc) is 3.49. The standard InChI is InChI=1S/C32H34N8O6/c1-7-45-26-18-40(19-15-36-31(37-16-19)32(2,3)14-28(41)33-4)39-29(26)30(42)38-27-9-8-20(17-35-27)46-23-10-11-34-22-13-25(44-6)24(43-5)12-21(22)23/h8-13,15-18H,7,14H2,1-6H3,(H,33,41)(H,35,38,42). The molecule has 238 valence electrons. The van der Waals surface area contributed by atoms with Gasteiger partial charge in [0.05, 0.1) is 51.1 Å². The minimum Gasteiger partial charge on any atom is -0.493 e. The van der Waals surface area contributed by atoms with Gasteiger partial charge in [0.1, 0.15) is 28.8 Å². The number of hydrogen-bond acceptors (Lipinski definition) is 11. The molecule has 0 unspecified atom stereocenters.